The molecule has 3 N–H and O–H groups in total. The van der Waals surface area contributed by atoms with Crippen molar-refractivity contribution < 1.29 is 23.8 Å². The van der Waals surface area contributed by atoms with Crippen LogP contribution in [0.4, 0.5) is 11.4 Å². The van der Waals surface area contributed by atoms with E-state index in [-0.39, 0.29) is 34.8 Å². The summed E-state index contributed by atoms with van der Waals surface area (Å²) < 4.78 is 19.3. The topological polar surface area (TPSA) is 133 Å². The minimum atomic E-state index is -0.733. The number of aryl methyl sites for hydroxylation is 2. The second-order valence-corrected chi connectivity index (χ2v) is 12.8. The lowest BCUT2D eigenvalue weighted by atomic mass is 9.95. The second-order valence-electron chi connectivity index (χ2n) is 12.8. The molecule has 2 atom stereocenters. The lowest BCUT2D eigenvalue weighted by Gasteiger charge is -2.22. The molecule has 0 bridgehead atoms. The smallest absolute Gasteiger partial charge is 0.247 e. The molecule has 1 aliphatic carbocycles. The summed E-state index contributed by atoms with van der Waals surface area (Å²) in [6.07, 6.45) is 1.13. The van der Waals surface area contributed by atoms with Gasteiger partial charge in [0.1, 0.15) is 11.9 Å². The second kappa shape index (κ2) is 14.0. The standard InChI is InChI=1S/C37H45N5O6/c1-19(2)33(37(45)39-23-11-15-29-28(17-23)41-36(20(3)4)42(29)6)40-27-14-12-24-25(18-30(27)44)26(38-21(5)43)13-10-22-16-31(46-7)34(47-8)35(48-9)32(22)24/h11-12,14-20,26,33H,10,13H2,1-9H3,(H,38,43)(H,39,45)(H,40,44)/t26-,33-/m0/s1. The van der Waals surface area contributed by atoms with Crippen LogP contribution in [-0.4, -0.2) is 48.7 Å². The van der Waals surface area contributed by atoms with Crippen molar-refractivity contribution in [2.45, 2.75) is 65.5 Å². The van der Waals surface area contributed by atoms with Crippen LogP contribution in [0.1, 0.15) is 70.0 Å². The van der Waals surface area contributed by atoms with Gasteiger partial charge in [-0.1, -0.05) is 33.8 Å². The minimum Gasteiger partial charge on any atom is -0.493 e. The molecule has 1 heterocycles. The fraction of sp³-hybridized carbons (Fsp3) is 0.405. The number of fused-ring (bicyclic) bond motifs is 4. The van der Waals surface area contributed by atoms with Crippen LogP contribution in [0.5, 0.6) is 17.2 Å². The number of carbonyl (C=O) groups excluding carboxylic acids is 2. The van der Waals surface area contributed by atoms with Crippen molar-refractivity contribution in [2.24, 2.45) is 13.0 Å². The Labute approximate surface area is 281 Å². The fourth-order valence-electron chi connectivity index (χ4n) is 6.56. The van der Waals surface area contributed by atoms with Crippen molar-refractivity contribution >= 4 is 34.2 Å². The van der Waals surface area contributed by atoms with E-state index in [9.17, 15) is 14.4 Å². The summed E-state index contributed by atoms with van der Waals surface area (Å²) in [7, 11) is 6.66. The van der Waals surface area contributed by atoms with Crippen LogP contribution in [0.3, 0.4) is 0 Å². The zero-order valence-electron chi connectivity index (χ0n) is 29.1. The third-order valence-corrected chi connectivity index (χ3v) is 8.88. The first-order chi connectivity index (χ1) is 22.9. The quantitative estimate of drug-likeness (QED) is 0.191. The Kier molecular flexibility index (Phi) is 9.98. The molecule has 0 spiro atoms. The van der Waals surface area contributed by atoms with Gasteiger partial charge >= 0.3 is 0 Å². The van der Waals surface area contributed by atoms with Gasteiger partial charge in [-0.05, 0) is 71.8 Å². The van der Waals surface area contributed by atoms with Gasteiger partial charge in [0.2, 0.25) is 23.0 Å². The highest BCUT2D eigenvalue weighted by molar-refractivity contribution is 5.98. The summed E-state index contributed by atoms with van der Waals surface area (Å²) in [5, 5.41) is 9.28. The van der Waals surface area contributed by atoms with E-state index in [1.807, 2.05) is 51.2 Å². The zero-order valence-corrected chi connectivity index (χ0v) is 29.1. The van der Waals surface area contributed by atoms with Crippen LogP contribution < -0.4 is 35.6 Å². The van der Waals surface area contributed by atoms with Crippen LogP contribution in [0.25, 0.3) is 22.2 Å². The molecule has 3 aromatic carbocycles. The first kappa shape index (κ1) is 34.3. The molecule has 0 aliphatic heterocycles. The van der Waals surface area contributed by atoms with E-state index in [1.165, 1.54) is 6.92 Å². The number of carbonyl (C=O) groups is 2. The van der Waals surface area contributed by atoms with Crippen LogP contribution in [0.15, 0.2) is 47.3 Å². The Morgan fingerprint density at radius 2 is 1.69 bits per heavy atom. The molecule has 0 radical (unpaired) electrons. The summed E-state index contributed by atoms with van der Waals surface area (Å²) in [4.78, 5) is 44.7. The van der Waals surface area contributed by atoms with E-state index in [0.29, 0.717) is 46.9 Å². The third-order valence-electron chi connectivity index (χ3n) is 8.88. The van der Waals surface area contributed by atoms with Crippen LogP contribution >= 0.6 is 0 Å². The van der Waals surface area contributed by atoms with Gasteiger partial charge < -0.3 is 34.7 Å². The lowest BCUT2D eigenvalue weighted by molar-refractivity contribution is -0.120. The van der Waals surface area contributed by atoms with Crippen LogP contribution in [0, 0.1) is 5.92 Å². The Bertz CT molecular complexity index is 1930. The number of benzene rings is 2. The molecular weight excluding hydrogens is 610 g/mol. The van der Waals surface area contributed by atoms with Crippen molar-refractivity contribution in [3.8, 4) is 28.4 Å². The highest BCUT2D eigenvalue weighted by Crippen LogP contribution is 2.50. The summed E-state index contributed by atoms with van der Waals surface area (Å²) in [5.41, 5.74) is 5.36. The Morgan fingerprint density at radius 1 is 0.958 bits per heavy atom. The number of methoxy groups -OCH3 is 3. The summed E-state index contributed by atoms with van der Waals surface area (Å²) in [6, 6.07) is 11.5. The summed E-state index contributed by atoms with van der Waals surface area (Å²) >= 11 is 0. The van der Waals surface area contributed by atoms with Crippen molar-refractivity contribution in [2.75, 3.05) is 32.0 Å². The van der Waals surface area contributed by atoms with E-state index in [2.05, 4.69) is 34.4 Å². The van der Waals surface area contributed by atoms with Gasteiger partial charge in [0.25, 0.3) is 0 Å². The fourth-order valence-corrected chi connectivity index (χ4v) is 6.56. The van der Waals surface area contributed by atoms with E-state index < -0.39 is 12.1 Å². The maximum Gasteiger partial charge on any atom is 0.247 e. The van der Waals surface area contributed by atoms with Crippen LogP contribution in [-0.2, 0) is 23.1 Å². The maximum absolute atomic E-state index is 13.9. The predicted molar refractivity (Wildman–Crippen MR) is 188 cm³/mol. The van der Waals surface area contributed by atoms with Gasteiger partial charge in [0.15, 0.2) is 11.5 Å². The molecule has 2 amide bonds. The molecule has 1 aromatic heterocycles. The van der Waals surface area contributed by atoms with Crippen molar-refractivity contribution in [1.82, 2.24) is 14.9 Å². The Balaban J connectivity index is 1.55. The van der Waals surface area contributed by atoms with E-state index >= 15 is 0 Å². The average Bonchev–Trinajstić information content (AvgIpc) is 3.19. The highest BCUT2D eigenvalue weighted by Gasteiger charge is 2.30. The first-order valence-electron chi connectivity index (χ1n) is 16.2. The summed E-state index contributed by atoms with van der Waals surface area (Å²) in [6.45, 7) is 9.49. The number of nitrogens with one attached hydrogen (secondary N) is 3. The monoisotopic (exact) mass is 655 g/mol. The molecule has 0 saturated heterocycles. The van der Waals surface area contributed by atoms with Crippen LogP contribution in [0.2, 0.25) is 0 Å². The SMILES string of the molecule is COc1cc2c(c(OC)c1OC)-c1ccc(N[C@H](C(=O)Nc3ccc4c(c3)nc(C(C)C)n4C)C(C)C)c(=O)cc1[C@@H](NC(C)=O)CC2. The molecule has 254 valence electrons. The molecule has 5 rings (SSSR count). The number of hydrogen-bond donors (Lipinski definition) is 3. The Morgan fingerprint density at radius 3 is 2.31 bits per heavy atom. The third kappa shape index (κ3) is 6.54. The number of anilines is 2. The van der Waals surface area contributed by atoms with Gasteiger partial charge in [-0.2, -0.15) is 0 Å². The summed E-state index contributed by atoms with van der Waals surface area (Å²) in [5.74, 6) is 1.98. The van der Waals surface area contributed by atoms with Gasteiger partial charge in [-0.3, -0.25) is 14.4 Å². The number of amides is 2. The van der Waals surface area contributed by atoms with Crippen molar-refractivity contribution in [3.63, 3.8) is 0 Å². The number of imidazole rings is 1. The largest absolute Gasteiger partial charge is 0.493 e. The molecule has 11 nitrogen and oxygen atoms in total. The number of ether oxygens (including phenoxy) is 3. The predicted octanol–water partition coefficient (Wildman–Crippen LogP) is 5.95. The average molecular weight is 656 g/mol. The van der Waals surface area contributed by atoms with Gasteiger partial charge in [-0.15, -0.1) is 0 Å². The number of rotatable bonds is 10. The highest BCUT2D eigenvalue weighted by atomic mass is 16.5. The normalized spacial score (nSPS) is 14.5. The number of hydrogen-bond acceptors (Lipinski definition) is 8. The molecule has 1 aliphatic rings. The first-order valence-corrected chi connectivity index (χ1v) is 16.2. The molecular formula is C37H45N5O6. The molecule has 0 fully saturated rings. The van der Waals surface area contributed by atoms with Gasteiger partial charge in [0.05, 0.1) is 44.1 Å². The number of nitrogens with zero attached hydrogens (tertiary/aromatic N) is 2. The van der Waals surface area contributed by atoms with Gasteiger partial charge in [0, 0.05) is 31.1 Å². The van der Waals surface area contributed by atoms with Crippen molar-refractivity contribution in [3.05, 3.63) is 69.6 Å². The van der Waals surface area contributed by atoms with E-state index in [1.54, 1.807) is 33.5 Å². The van der Waals surface area contributed by atoms with E-state index in [4.69, 9.17) is 19.2 Å². The van der Waals surface area contributed by atoms with Crippen molar-refractivity contribution in [1.29, 1.82) is 0 Å². The van der Waals surface area contributed by atoms with Gasteiger partial charge in [-0.25, -0.2) is 4.98 Å². The molecule has 4 aromatic rings. The molecule has 11 heteroatoms. The lowest BCUT2D eigenvalue weighted by Crippen LogP contribution is -2.39. The number of aromatic nitrogens is 2. The molecule has 0 saturated carbocycles. The Hall–Kier alpha value is -5.06. The molecule has 0 unspecified atom stereocenters. The maximum atomic E-state index is 13.9. The minimum absolute atomic E-state index is 0.163. The van der Waals surface area contributed by atoms with E-state index in [0.717, 1.165) is 28.0 Å². The molecule has 48 heavy (non-hydrogen) atoms. The zero-order chi connectivity index (χ0) is 34.9.